The Bertz CT molecular complexity index is 481. The molecule has 18 heavy (non-hydrogen) atoms. The maximum Gasteiger partial charge on any atom is 0.328 e. The number of rotatable bonds is 4. The van der Waals surface area contributed by atoms with Gasteiger partial charge in [0.15, 0.2) is 0 Å². The van der Waals surface area contributed by atoms with Gasteiger partial charge in [-0.1, -0.05) is 0 Å². The van der Waals surface area contributed by atoms with Crippen LogP contribution in [0.3, 0.4) is 0 Å². The van der Waals surface area contributed by atoms with Crippen LogP contribution in [0.15, 0.2) is 17.5 Å². The predicted molar refractivity (Wildman–Crippen MR) is 69.3 cm³/mol. The third-order valence-corrected chi connectivity index (χ3v) is 3.53. The van der Waals surface area contributed by atoms with Gasteiger partial charge >= 0.3 is 5.97 Å². The highest BCUT2D eigenvalue weighted by Crippen LogP contribution is 2.18. The average molecular weight is 266 g/mol. The first kappa shape index (κ1) is 12.8. The maximum atomic E-state index is 11.2. The molecular weight excluding hydrogens is 252 g/mol. The van der Waals surface area contributed by atoms with Crippen LogP contribution in [-0.2, 0) is 16.1 Å². The van der Waals surface area contributed by atoms with E-state index in [-0.39, 0.29) is 5.91 Å². The SMILES string of the molecule is O=C(O)C=Cc1csc(CN2CCNC(=O)C2)c1. The van der Waals surface area contributed by atoms with E-state index >= 15 is 0 Å². The average Bonchev–Trinajstić information content (AvgIpc) is 2.74. The van der Waals surface area contributed by atoms with Crippen molar-refractivity contribution in [3.63, 3.8) is 0 Å². The van der Waals surface area contributed by atoms with E-state index in [0.29, 0.717) is 13.1 Å². The molecule has 1 aliphatic rings. The van der Waals surface area contributed by atoms with Crippen molar-refractivity contribution in [3.05, 3.63) is 28.0 Å². The van der Waals surface area contributed by atoms with Gasteiger partial charge in [0.1, 0.15) is 0 Å². The number of carboxylic acids is 1. The van der Waals surface area contributed by atoms with E-state index in [9.17, 15) is 9.59 Å². The molecule has 96 valence electrons. The molecule has 1 amide bonds. The van der Waals surface area contributed by atoms with E-state index in [0.717, 1.165) is 29.6 Å². The molecule has 0 aliphatic carbocycles. The van der Waals surface area contributed by atoms with Gasteiger partial charge in [0.05, 0.1) is 6.54 Å². The lowest BCUT2D eigenvalue weighted by molar-refractivity contribution is -0.131. The number of thiophene rings is 1. The molecule has 0 saturated carbocycles. The molecule has 1 aromatic heterocycles. The lowest BCUT2D eigenvalue weighted by Gasteiger charge is -2.25. The van der Waals surface area contributed by atoms with Crippen LogP contribution >= 0.6 is 11.3 Å². The Morgan fingerprint density at radius 2 is 2.44 bits per heavy atom. The molecule has 1 aliphatic heterocycles. The van der Waals surface area contributed by atoms with Crippen LogP contribution in [0, 0.1) is 0 Å². The fourth-order valence-corrected chi connectivity index (χ4v) is 2.68. The summed E-state index contributed by atoms with van der Waals surface area (Å²) in [6, 6.07) is 1.95. The number of carbonyl (C=O) groups is 2. The van der Waals surface area contributed by atoms with Gasteiger partial charge in [-0.3, -0.25) is 9.69 Å². The molecule has 0 atom stereocenters. The van der Waals surface area contributed by atoms with Gasteiger partial charge in [0, 0.05) is 30.6 Å². The first-order valence-corrected chi connectivity index (χ1v) is 6.49. The van der Waals surface area contributed by atoms with Crippen LogP contribution in [-0.4, -0.2) is 41.5 Å². The summed E-state index contributed by atoms with van der Waals surface area (Å²) in [7, 11) is 0. The van der Waals surface area contributed by atoms with Gasteiger partial charge in [-0.2, -0.15) is 0 Å². The van der Waals surface area contributed by atoms with Crippen LogP contribution < -0.4 is 5.32 Å². The highest BCUT2D eigenvalue weighted by atomic mass is 32.1. The van der Waals surface area contributed by atoms with Crippen molar-refractivity contribution >= 4 is 29.3 Å². The molecule has 6 heteroatoms. The number of nitrogens with zero attached hydrogens (tertiary/aromatic N) is 1. The zero-order chi connectivity index (χ0) is 13.0. The number of nitrogens with one attached hydrogen (secondary N) is 1. The molecule has 0 bridgehead atoms. The summed E-state index contributed by atoms with van der Waals surface area (Å²) in [5, 5.41) is 13.2. The number of hydrogen-bond donors (Lipinski definition) is 2. The molecular formula is C12H14N2O3S. The van der Waals surface area contributed by atoms with Crippen LogP contribution in [0.25, 0.3) is 6.08 Å². The minimum Gasteiger partial charge on any atom is -0.478 e. The summed E-state index contributed by atoms with van der Waals surface area (Å²) in [6.45, 7) is 2.71. The molecule has 1 aromatic rings. The van der Waals surface area contributed by atoms with Gasteiger partial charge in [-0.05, 0) is 23.1 Å². The van der Waals surface area contributed by atoms with E-state index < -0.39 is 5.97 Å². The van der Waals surface area contributed by atoms with E-state index in [2.05, 4.69) is 10.2 Å². The fraction of sp³-hybridized carbons (Fsp3) is 0.333. The van der Waals surface area contributed by atoms with Gasteiger partial charge in [0.25, 0.3) is 0 Å². The molecule has 0 unspecified atom stereocenters. The van der Waals surface area contributed by atoms with Gasteiger partial charge < -0.3 is 10.4 Å². The summed E-state index contributed by atoms with van der Waals surface area (Å²) in [5.41, 5.74) is 0.888. The van der Waals surface area contributed by atoms with Crippen molar-refractivity contribution in [1.29, 1.82) is 0 Å². The number of carbonyl (C=O) groups excluding carboxylic acids is 1. The quantitative estimate of drug-likeness (QED) is 0.790. The van der Waals surface area contributed by atoms with Crippen molar-refractivity contribution in [2.45, 2.75) is 6.54 Å². The molecule has 1 fully saturated rings. The second-order valence-corrected chi connectivity index (χ2v) is 5.07. The topological polar surface area (TPSA) is 69.6 Å². The number of amides is 1. The molecule has 0 radical (unpaired) electrons. The van der Waals surface area contributed by atoms with Crippen LogP contribution in [0.2, 0.25) is 0 Å². The zero-order valence-electron chi connectivity index (χ0n) is 9.76. The normalized spacial score (nSPS) is 17.0. The second kappa shape index (κ2) is 5.79. The molecule has 5 nitrogen and oxygen atoms in total. The Kier molecular flexibility index (Phi) is 4.11. The van der Waals surface area contributed by atoms with Gasteiger partial charge in [0.2, 0.25) is 5.91 Å². The largest absolute Gasteiger partial charge is 0.478 e. The monoisotopic (exact) mass is 266 g/mol. The van der Waals surface area contributed by atoms with E-state index in [1.165, 1.54) is 0 Å². The molecule has 1 saturated heterocycles. The van der Waals surface area contributed by atoms with Crippen molar-refractivity contribution in [3.8, 4) is 0 Å². The Morgan fingerprint density at radius 3 is 3.17 bits per heavy atom. The van der Waals surface area contributed by atoms with Crippen molar-refractivity contribution in [2.24, 2.45) is 0 Å². The molecule has 2 rings (SSSR count). The first-order valence-electron chi connectivity index (χ1n) is 5.61. The van der Waals surface area contributed by atoms with E-state index in [4.69, 9.17) is 5.11 Å². The minimum absolute atomic E-state index is 0.0591. The third kappa shape index (κ3) is 3.68. The summed E-state index contributed by atoms with van der Waals surface area (Å²) in [5.74, 6) is -0.890. The molecule has 0 spiro atoms. The number of hydrogen-bond acceptors (Lipinski definition) is 4. The zero-order valence-corrected chi connectivity index (χ0v) is 10.6. The summed E-state index contributed by atoms with van der Waals surface area (Å²) in [4.78, 5) is 24.8. The smallest absolute Gasteiger partial charge is 0.328 e. The summed E-state index contributed by atoms with van der Waals surface area (Å²) < 4.78 is 0. The summed E-state index contributed by atoms with van der Waals surface area (Å²) in [6.07, 6.45) is 2.70. The number of carboxylic acid groups (broad SMARTS) is 1. The molecule has 2 N–H and O–H groups in total. The highest BCUT2D eigenvalue weighted by Gasteiger charge is 2.16. The van der Waals surface area contributed by atoms with Crippen molar-refractivity contribution < 1.29 is 14.7 Å². The summed E-state index contributed by atoms with van der Waals surface area (Å²) >= 11 is 1.58. The minimum atomic E-state index is -0.949. The predicted octanol–water partition coefficient (Wildman–Crippen LogP) is 0.778. The van der Waals surface area contributed by atoms with Gasteiger partial charge in [-0.15, -0.1) is 11.3 Å². The number of aliphatic carboxylic acids is 1. The Balaban J connectivity index is 1.93. The van der Waals surface area contributed by atoms with Crippen molar-refractivity contribution in [1.82, 2.24) is 10.2 Å². The standard InChI is InChI=1S/C12H14N2O3S/c15-11-7-14(4-3-13-11)6-10-5-9(8-18-10)1-2-12(16)17/h1-2,5,8H,3-4,6-7H2,(H,13,15)(H,16,17). The van der Waals surface area contributed by atoms with Crippen LogP contribution in [0.5, 0.6) is 0 Å². The lowest BCUT2D eigenvalue weighted by atomic mass is 10.2. The second-order valence-electron chi connectivity index (χ2n) is 4.08. The van der Waals surface area contributed by atoms with Crippen LogP contribution in [0.4, 0.5) is 0 Å². The fourth-order valence-electron chi connectivity index (χ4n) is 1.78. The molecule has 2 heterocycles. The van der Waals surface area contributed by atoms with Crippen molar-refractivity contribution in [2.75, 3.05) is 19.6 Å². The van der Waals surface area contributed by atoms with Gasteiger partial charge in [-0.25, -0.2) is 4.79 Å². The third-order valence-electron chi connectivity index (χ3n) is 2.59. The van der Waals surface area contributed by atoms with E-state index in [1.54, 1.807) is 17.4 Å². The first-order chi connectivity index (χ1) is 8.63. The Hall–Kier alpha value is -1.66. The maximum absolute atomic E-state index is 11.2. The Labute approximate surface area is 109 Å². The highest BCUT2D eigenvalue weighted by molar-refractivity contribution is 7.10. The lowest BCUT2D eigenvalue weighted by Crippen LogP contribution is -2.46. The van der Waals surface area contributed by atoms with Crippen LogP contribution in [0.1, 0.15) is 10.4 Å². The Morgan fingerprint density at radius 1 is 1.61 bits per heavy atom. The number of piperazine rings is 1. The van der Waals surface area contributed by atoms with E-state index in [1.807, 2.05) is 11.4 Å². The molecule has 0 aromatic carbocycles.